The molecule has 17 heavy (non-hydrogen) atoms. The SMILES string of the molecule is CCCCC(NC)c1ccc(CCOC)cc1. The van der Waals surface area contributed by atoms with E-state index in [2.05, 4.69) is 36.5 Å². The molecule has 0 aliphatic rings. The molecular weight excluding hydrogens is 210 g/mol. The first kappa shape index (κ1) is 14.2. The fourth-order valence-corrected chi connectivity index (χ4v) is 2.02. The number of ether oxygens (including phenoxy) is 1. The van der Waals surface area contributed by atoms with Gasteiger partial charge in [0.2, 0.25) is 0 Å². The van der Waals surface area contributed by atoms with Crippen molar-refractivity contribution >= 4 is 0 Å². The van der Waals surface area contributed by atoms with Crippen LogP contribution in [0.15, 0.2) is 24.3 Å². The number of hydrogen-bond acceptors (Lipinski definition) is 2. The molecule has 0 bridgehead atoms. The summed E-state index contributed by atoms with van der Waals surface area (Å²) < 4.78 is 5.09. The lowest BCUT2D eigenvalue weighted by Gasteiger charge is -2.16. The highest BCUT2D eigenvalue weighted by atomic mass is 16.5. The summed E-state index contributed by atoms with van der Waals surface area (Å²) in [5, 5.41) is 3.39. The molecule has 0 aliphatic carbocycles. The average Bonchev–Trinajstić information content (AvgIpc) is 2.38. The molecule has 2 heteroatoms. The van der Waals surface area contributed by atoms with Crippen LogP contribution in [0.1, 0.15) is 43.4 Å². The maximum absolute atomic E-state index is 5.09. The standard InChI is InChI=1S/C15H25NO/c1-4-5-6-15(16-2)14-9-7-13(8-10-14)11-12-17-3/h7-10,15-16H,4-6,11-12H2,1-3H3. The van der Waals surface area contributed by atoms with Gasteiger partial charge in [0.15, 0.2) is 0 Å². The minimum atomic E-state index is 0.492. The Kier molecular flexibility index (Phi) is 6.90. The first-order valence-electron chi connectivity index (χ1n) is 6.56. The van der Waals surface area contributed by atoms with Gasteiger partial charge in [-0.25, -0.2) is 0 Å². The van der Waals surface area contributed by atoms with Gasteiger partial charge in [0.05, 0.1) is 6.61 Å². The molecule has 0 radical (unpaired) electrons. The van der Waals surface area contributed by atoms with Crippen molar-refractivity contribution in [3.05, 3.63) is 35.4 Å². The van der Waals surface area contributed by atoms with Crippen LogP contribution in [0, 0.1) is 0 Å². The van der Waals surface area contributed by atoms with Crippen LogP contribution < -0.4 is 5.32 Å². The number of benzene rings is 1. The summed E-state index contributed by atoms with van der Waals surface area (Å²) in [7, 11) is 3.79. The van der Waals surface area contributed by atoms with Crippen LogP contribution in [0.3, 0.4) is 0 Å². The van der Waals surface area contributed by atoms with Gasteiger partial charge < -0.3 is 10.1 Å². The Morgan fingerprint density at radius 1 is 1.24 bits per heavy atom. The highest BCUT2D eigenvalue weighted by Crippen LogP contribution is 2.19. The second kappa shape index (κ2) is 8.26. The van der Waals surface area contributed by atoms with Crippen molar-refractivity contribution in [3.63, 3.8) is 0 Å². The third-order valence-electron chi connectivity index (χ3n) is 3.17. The van der Waals surface area contributed by atoms with Crippen LogP contribution in [0.5, 0.6) is 0 Å². The third kappa shape index (κ3) is 4.88. The molecule has 0 saturated carbocycles. The van der Waals surface area contributed by atoms with Crippen LogP contribution in [0.4, 0.5) is 0 Å². The van der Waals surface area contributed by atoms with Crippen molar-refractivity contribution in [2.24, 2.45) is 0 Å². The van der Waals surface area contributed by atoms with Crippen molar-refractivity contribution in [1.82, 2.24) is 5.32 Å². The van der Waals surface area contributed by atoms with Gasteiger partial charge in [-0.15, -0.1) is 0 Å². The second-order valence-corrected chi connectivity index (χ2v) is 4.47. The van der Waals surface area contributed by atoms with Gasteiger partial charge in [-0.1, -0.05) is 44.0 Å². The topological polar surface area (TPSA) is 21.3 Å². The molecule has 1 rings (SSSR count). The van der Waals surface area contributed by atoms with Gasteiger partial charge in [-0.05, 0) is 31.0 Å². The molecule has 0 aromatic heterocycles. The lowest BCUT2D eigenvalue weighted by atomic mass is 9.99. The molecule has 1 aromatic carbocycles. The predicted octanol–water partition coefficient (Wildman–Crippen LogP) is 3.33. The number of hydrogen-bond donors (Lipinski definition) is 1. The van der Waals surface area contributed by atoms with E-state index in [9.17, 15) is 0 Å². The van der Waals surface area contributed by atoms with E-state index in [1.54, 1.807) is 7.11 Å². The Balaban J connectivity index is 2.57. The lowest BCUT2D eigenvalue weighted by molar-refractivity contribution is 0.202. The maximum atomic E-state index is 5.09. The number of unbranched alkanes of at least 4 members (excludes halogenated alkanes) is 1. The van der Waals surface area contributed by atoms with Crippen molar-refractivity contribution < 1.29 is 4.74 Å². The Morgan fingerprint density at radius 2 is 1.94 bits per heavy atom. The Morgan fingerprint density at radius 3 is 2.47 bits per heavy atom. The summed E-state index contributed by atoms with van der Waals surface area (Å²) in [6, 6.07) is 9.39. The summed E-state index contributed by atoms with van der Waals surface area (Å²) in [4.78, 5) is 0. The fraction of sp³-hybridized carbons (Fsp3) is 0.600. The zero-order valence-corrected chi connectivity index (χ0v) is 11.3. The number of nitrogens with one attached hydrogen (secondary N) is 1. The number of rotatable bonds is 8. The summed E-state index contributed by atoms with van der Waals surface area (Å²) in [5.41, 5.74) is 2.74. The van der Waals surface area contributed by atoms with Crippen molar-refractivity contribution in [1.29, 1.82) is 0 Å². The summed E-state index contributed by atoms with van der Waals surface area (Å²) in [6.45, 7) is 3.03. The normalized spacial score (nSPS) is 12.6. The van der Waals surface area contributed by atoms with Crippen molar-refractivity contribution in [2.75, 3.05) is 20.8 Å². The van der Waals surface area contributed by atoms with E-state index in [0.29, 0.717) is 6.04 Å². The quantitative estimate of drug-likeness (QED) is 0.746. The molecule has 1 N–H and O–H groups in total. The minimum Gasteiger partial charge on any atom is -0.384 e. The van der Waals surface area contributed by atoms with Gasteiger partial charge >= 0.3 is 0 Å². The van der Waals surface area contributed by atoms with E-state index >= 15 is 0 Å². The van der Waals surface area contributed by atoms with Gasteiger partial charge in [0.1, 0.15) is 0 Å². The minimum absolute atomic E-state index is 0.492. The van der Waals surface area contributed by atoms with Gasteiger partial charge in [-0.3, -0.25) is 0 Å². The molecule has 0 heterocycles. The van der Waals surface area contributed by atoms with Crippen molar-refractivity contribution in [3.8, 4) is 0 Å². The third-order valence-corrected chi connectivity index (χ3v) is 3.17. The monoisotopic (exact) mass is 235 g/mol. The van der Waals surface area contributed by atoms with Crippen LogP contribution in [0.25, 0.3) is 0 Å². The maximum Gasteiger partial charge on any atom is 0.0502 e. The lowest BCUT2D eigenvalue weighted by Crippen LogP contribution is -2.16. The van der Waals surface area contributed by atoms with Gasteiger partial charge in [0, 0.05) is 13.2 Å². The molecule has 0 aliphatic heterocycles. The van der Waals surface area contributed by atoms with E-state index in [1.165, 1.54) is 30.4 Å². The largest absolute Gasteiger partial charge is 0.384 e. The van der Waals surface area contributed by atoms with E-state index in [-0.39, 0.29) is 0 Å². The molecule has 0 saturated heterocycles. The number of methoxy groups -OCH3 is 1. The summed E-state index contributed by atoms with van der Waals surface area (Å²) in [5.74, 6) is 0. The molecule has 1 aromatic rings. The summed E-state index contributed by atoms with van der Waals surface area (Å²) in [6.07, 6.45) is 4.74. The predicted molar refractivity (Wildman–Crippen MR) is 73.3 cm³/mol. The van der Waals surface area contributed by atoms with Gasteiger partial charge in [-0.2, -0.15) is 0 Å². The smallest absolute Gasteiger partial charge is 0.0502 e. The van der Waals surface area contributed by atoms with E-state index < -0.39 is 0 Å². The van der Waals surface area contributed by atoms with E-state index in [0.717, 1.165) is 13.0 Å². The molecule has 0 fully saturated rings. The van der Waals surface area contributed by atoms with Crippen LogP contribution >= 0.6 is 0 Å². The van der Waals surface area contributed by atoms with Crippen LogP contribution in [-0.4, -0.2) is 20.8 Å². The zero-order chi connectivity index (χ0) is 12.5. The molecule has 1 atom stereocenters. The molecule has 0 amide bonds. The fourth-order valence-electron chi connectivity index (χ4n) is 2.02. The Labute approximate surface area is 105 Å². The molecule has 96 valence electrons. The average molecular weight is 235 g/mol. The van der Waals surface area contributed by atoms with Crippen LogP contribution in [-0.2, 0) is 11.2 Å². The second-order valence-electron chi connectivity index (χ2n) is 4.47. The van der Waals surface area contributed by atoms with Gasteiger partial charge in [0.25, 0.3) is 0 Å². The molecule has 0 spiro atoms. The Hall–Kier alpha value is -0.860. The summed E-state index contributed by atoms with van der Waals surface area (Å²) >= 11 is 0. The highest BCUT2D eigenvalue weighted by molar-refractivity contribution is 5.25. The highest BCUT2D eigenvalue weighted by Gasteiger charge is 2.07. The Bertz CT molecular complexity index is 294. The van der Waals surface area contributed by atoms with E-state index in [4.69, 9.17) is 4.74 Å². The zero-order valence-electron chi connectivity index (χ0n) is 11.3. The molecule has 1 unspecified atom stereocenters. The molecule has 2 nitrogen and oxygen atoms in total. The van der Waals surface area contributed by atoms with E-state index in [1.807, 2.05) is 7.05 Å². The first-order valence-corrected chi connectivity index (χ1v) is 6.56. The van der Waals surface area contributed by atoms with Crippen molar-refractivity contribution in [2.45, 2.75) is 38.6 Å². The van der Waals surface area contributed by atoms with Crippen LogP contribution in [0.2, 0.25) is 0 Å². The first-order chi connectivity index (χ1) is 8.31. The molecular formula is C15H25NO.